The van der Waals surface area contributed by atoms with E-state index in [1.165, 1.54) is 0 Å². The molecule has 0 saturated heterocycles. The van der Waals surface area contributed by atoms with E-state index >= 15 is 0 Å². The van der Waals surface area contributed by atoms with E-state index in [4.69, 9.17) is 5.73 Å². The number of carboxylic acids is 1. The number of rotatable bonds is 8. The summed E-state index contributed by atoms with van der Waals surface area (Å²) in [5, 5.41) is 12.6. The minimum atomic E-state index is -1.37. The van der Waals surface area contributed by atoms with Crippen molar-refractivity contribution in [3.05, 3.63) is 35.9 Å². The molecule has 0 saturated carbocycles. The summed E-state index contributed by atoms with van der Waals surface area (Å²) in [6, 6.07) is 8.60. The van der Waals surface area contributed by atoms with Gasteiger partial charge in [0.05, 0.1) is 6.04 Å². The van der Waals surface area contributed by atoms with Crippen LogP contribution < -0.4 is 11.1 Å². The number of carbonyl (C=O) groups excluding carboxylic acids is 1. The lowest BCUT2D eigenvalue weighted by Crippen LogP contribution is -2.63. The predicted octanol–water partition coefficient (Wildman–Crippen LogP) is 2.20. The monoisotopic (exact) mass is 320 g/mol. The zero-order chi connectivity index (χ0) is 17.6. The van der Waals surface area contributed by atoms with Gasteiger partial charge in [0.2, 0.25) is 5.91 Å². The van der Waals surface area contributed by atoms with Gasteiger partial charge in [-0.25, -0.2) is 4.79 Å². The fraction of sp³-hybridized carbons (Fsp3) is 0.556. The van der Waals surface area contributed by atoms with Crippen molar-refractivity contribution in [1.29, 1.82) is 0 Å². The van der Waals surface area contributed by atoms with Crippen molar-refractivity contribution in [1.82, 2.24) is 5.32 Å². The Morgan fingerprint density at radius 2 is 1.78 bits per heavy atom. The smallest absolute Gasteiger partial charge is 0.330 e. The van der Waals surface area contributed by atoms with E-state index in [1.54, 1.807) is 13.8 Å². The molecular weight excluding hydrogens is 292 g/mol. The van der Waals surface area contributed by atoms with Gasteiger partial charge in [0.1, 0.15) is 5.54 Å². The van der Waals surface area contributed by atoms with Crippen molar-refractivity contribution in [2.45, 2.75) is 52.1 Å². The maximum Gasteiger partial charge on any atom is 0.330 e. The quantitative estimate of drug-likeness (QED) is 0.684. The summed E-state index contributed by atoms with van der Waals surface area (Å²) in [6.45, 7) is 7.44. The normalized spacial score (nSPS) is 16.4. The number of nitrogens with two attached hydrogens (primary N) is 1. The molecule has 5 heteroatoms. The molecule has 0 aliphatic heterocycles. The van der Waals surface area contributed by atoms with Crippen LogP contribution in [0.25, 0.3) is 0 Å². The number of aliphatic carboxylic acids is 1. The second-order valence-corrected chi connectivity index (χ2v) is 6.49. The Morgan fingerprint density at radius 1 is 1.22 bits per heavy atom. The lowest BCUT2D eigenvalue weighted by atomic mass is 9.80. The van der Waals surface area contributed by atoms with Crippen molar-refractivity contribution < 1.29 is 14.7 Å². The topological polar surface area (TPSA) is 92.4 Å². The Bertz CT molecular complexity index is 530. The highest BCUT2D eigenvalue weighted by Gasteiger charge is 2.44. The van der Waals surface area contributed by atoms with Crippen LogP contribution in [0.1, 0.15) is 39.7 Å². The Hall–Kier alpha value is -1.88. The number of carbonyl (C=O) groups is 2. The van der Waals surface area contributed by atoms with Crippen LogP contribution in [0.2, 0.25) is 0 Å². The van der Waals surface area contributed by atoms with Gasteiger partial charge in [-0.1, -0.05) is 64.4 Å². The Balaban J connectivity index is 3.10. The Labute approximate surface area is 138 Å². The molecule has 1 amide bonds. The van der Waals surface area contributed by atoms with Crippen LogP contribution in [0, 0.1) is 11.8 Å². The molecule has 5 nitrogen and oxygen atoms in total. The average Bonchev–Trinajstić information content (AvgIpc) is 2.52. The van der Waals surface area contributed by atoms with Crippen molar-refractivity contribution in [3.63, 3.8) is 0 Å². The Kier molecular flexibility index (Phi) is 6.76. The second-order valence-electron chi connectivity index (χ2n) is 6.49. The molecule has 23 heavy (non-hydrogen) atoms. The highest BCUT2D eigenvalue weighted by atomic mass is 16.4. The SMILES string of the molecule is CC[C@H](C)[C@H](N)C(=O)N[C@](Cc1ccccc1)(C(=O)O)C(C)C. The molecule has 0 aromatic heterocycles. The van der Waals surface area contributed by atoms with E-state index in [1.807, 2.05) is 44.2 Å². The summed E-state index contributed by atoms with van der Waals surface area (Å²) in [7, 11) is 0. The standard InChI is InChI=1S/C18H28N2O3/c1-5-13(4)15(19)16(21)20-18(12(2)3,17(22)23)11-14-9-7-6-8-10-14/h6-10,12-13,15H,5,11,19H2,1-4H3,(H,20,21)(H,22,23)/t13-,15-,18-/m0/s1. The van der Waals surface area contributed by atoms with Crippen LogP contribution in [0.5, 0.6) is 0 Å². The van der Waals surface area contributed by atoms with Gasteiger partial charge in [0.25, 0.3) is 0 Å². The van der Waals surface area contributed by atoms with Gasteiger partial charge in [0, 0.05) is 6.42 Å². The molecule has 0 fully saturated rings. The molecular formula is C18H28N2O3. The fourth-order valence-corrected chi connectivity index (χ4v) is 2.50. The van der Waals surface area contributed by atoms with Crippen LogP contribution in [-0.2, 0) is 16.0 Å². The third-order valence-electron chi connectivity index (χ3n) is 4.60. The molecule has 0 aliphatic carbocycles. The zero-order valence-corrected chi connectivity index (χ0v) is 14.4. The molecule has 0 heterocycles. The van der Waals surface area contributed by atoms with Gasteiger partial charge >= 0.3 is 5.97 Å². The Morgan fingerprint density at radius 3 is 2.22 bits per heavy atom. The number of hydrogen-bond acceptors (Lipinski definition) is 3. The minimum absolute atomic E-state index is 0.00891. The van der Waals surface area contributed by atoms with E-state index in [2.05, 4.69) is 5.32 Å². The maximum atomic E-state index is 12.5. The predicted molar refractivity (Wildman–Crippen MR) is 90.9 cm³/mol. The molecule has 4 N–H and O–H groups in total. The first-order chi connectivity index (χ1) is 10.7. The number of carboxylic acid groups (broad SMARTS) is 1. The van der Waals surface area contributed by atoms with Gasteiger partial charge in [-0.05, 0) is 17.4 Å². The molecule has 0 bridgehead atoms. The number of hydrogen-bond donors (Lipinski definition) is 3. The lowest BCUT2D eigenvalue weighted by Gasteiger charge is -2.36. The van der Waals surface area contributed by atoms with Crippen LogP contribution in [0.4, 0.5) is 0 Å². The molecule has 0 radical (unpaired) electrons. The van der Waals surface area contributed by atoms with Gasteiger partial charge < -0.3 is 16.2 Å². The maximum absolute atomic E-state index is 12.5. The lowest BCUT2D eigenvalue weighted by molar-refractivity contribution is -0.150. The number of amides is 1. The number of benzene rings is 1. The van der Waals surface area contributed by atoms with E-state index in [9.17, 15) is 14.7 Å². The summed E-state index contributed by atoms with van der Waals surface area (Å²) in [5.41, 5.74) is 5.46. The minimum Gasteiger partial charge on any atom is -0.479 e. The van der Waals surface area contributed by atoms with E-state index < -0.39 is 23.5 Å². The van der Waals surface area contributed by atoms with E-state index in [-0.39, 0.29) is 18.3 Å². The number of nitrogens with one attached hydrogen (secondary N) is 1. The van der Waals surface area contributed by atoms with Gasteiger partial charge in [-0.15, -0.1) is 0 Å². The highest BCUT2D eigenvalue weighted by Crippen LogP contribution is 2.24. The highest BCUT2D eigenvalue weighted by molar-refractivity contribution is 5.90. The van der Waals surface area contributed by atoms with E-state index in [0.717, 1.165) is 12.0 Å². The van der Waals surface area contributed by atoms with E-state index in [0.29, 0.717) is 0 Å². The second kappa shape index (κ2) is 8.11. The van der Waals surface area contributed by atoms with Crippen LogP contribution in [0.3, 0.4) is 0 Å². The molecule has 0 unspecified atom stereocenters. The summed E-state index contributed by atoms with van der Waals surface area (Å²) in [4.78, 5) is 24.5. The summed E-state index contributed by atoms with van der Waals surface area (Å²) in [5.74, 6) is -1.74. The largest absolute Gasteiger partial charge is 0.479 e. The molecule has 1 aromatic rings. The first-order valence-electron chi connectivity index (χ1n) is 8.09. The first-order valence-corrected chi connectivity index (χ1v) is 8.09. The van der Waals surface area contributed by atoms with Crippen molar-refractivity contribution in [2.75, 3.05) is 0 Å². The van der Waals surface area contributed by atoms with Crippen molar-refractivity contribution in [3.8, 4) is 0 Å². The third-order valence-corrected chi connectivity index (χ3v) is 4.60. The molecule has 1 aromatic carbocycles. The van der Waals surface area contributed by atoms with Crippen LogP contribution >= 0.6 is 0 Å². The van der Waals surface area contributed by atoms with Gasteiger partial charge in [0.15, 0.2) is 0 Å². The molecule has 0 aliphatic rings. The first kappa shape index (κ1) is 19.2. The van der Waals surface area contributed by atoms with Gasteiger partial charge in [-0.2, -0.15) is 0 Å². The fourth-order valence-electron chi connectivity index (χ4n) is 2.50. The molecule has 1 rings (SSSR count). The van der Waals surface area contributed by atoms with Crippen LogP contribution in [0.15, 0.2) is 30.3 Å². The van der Waals surface area contributed by atoms with Crippen molar-refractivity contribution >= 4 is 11.9 Å². The van der Waals surface area contributed by atoms with Gasteiger partial charge in [-0.3, -0.25) is 4.79 Å². The molecule has 0 spiro atoms. The average molecular weight is 320 g/mol. The van der Waals surface area contributed by atoms with Crippen LogP contribution in [-0.4, -0.2) is 28.6 Å². The summed E-state index contributed by atoms with van der Waals surface area (Å²) >= 11 is 0. The molecule has 128 valence electrons. The third kappa shape index (κ3) is 4.55. The molecule has 3 atom stereocenters. The zero-order valence-electron chi connectivity index (χ0n) is 14.4. The van der Waals surface area contributed by atoms with Crippen molar-refractivity contribution in [2.24, 2.45) is 17.6 Å². The summed E-state index contributed by atoms with van der Waals surface area (Å²) in [6.07, 6.45) is 0.981. The summed E-state index contributed by atoms with van der Waals surface area (Å²) < 4.78 is 0.